The molecule has 0 aliphatic heterocycles. The number of non-ortho nitro benzene ring substituents is 1. The van der Waals surface area contributed by atoms with E-state index in [0.29, 0.717) is 25.0 Å². The molecule has 0 aliphatic carbocycles. The van der Waals surface area contributed by atoms with Crippen molar-refractivity contribution < 1.29 is 9.66 Å². The Morgan fingerprint density at radius 3 is 3.00 bits per heavy atom. The lowest BCUT2D eigenvalue weighted by Crippen LogP contribution is -2.05. The number of aromatic nitrogens is 2. The third-order valence-corrected chi connectivity index (χ3v) is 2.49. The molecule has 1 aromatic heterocycles. The van der Waals surface area contributed by atoms with Gasteiger partial charge in [0.05, 0.1) is 11.5 Å². The van der Waals surface area contributed by atoms with Crippen molar-refractivity contribution >= 4 is 11.6 Å². The maximum absolute atomic E-state index is 10.7. The van der Waals surface area contributed by atoms with Crippen LogP contribution in [0, 0.1) is 10.1 Å². The van der Waals surface area contributed by atoms with E-state index in [1.807, 2.05) is 6.92 Å². The molecule has 0 aliphatic rings. The van der Waals surface area contributed by atoms with Gasteiger partial charge in [0.25, 0.3) is 5.69 Å². The molecule has 1 N–H and O–H groups in total. The van der Waals surface area contributed by atoms with Crippen LogP contribution in [0.1, 0.15) is 12.5 Å². The Morgan fingerprint density at radius 1 is 1.40 bits per heavy atom. The number of nitro benzene ring substituents is 1. The van der Waals surface area contributed by atoms with Gasteiger partial charge in [0, 0.05) is 30.9 Å². The van der Waals surface area contributed by atoms with Crippen LogP contribution < -0.4 is 10.1 Å². The summed E-state index contributed by atoms with van der Waals surface area (Å²) in [5.74, 6) is 0.909. The fourth-order valence-corrected chi connectivity index (χ4v) is 1.62. The molecule has 0 fully saturated rings. The van der Waals surface area contributed by atoms with E-state index >= 15 is 0 Å². The minimum atomic E-state index is -0.421. The molecule has 0 spiro atoms. The smallest absolute Gasteiger partial charge is 0.269 e. The topological polar surface area (TPSA) is 90.2 Å². The first-order valence-electron chi connectivity index (χ1n) is 6.12. The summed E-state index contributed by atoms with van der Waals surface area (Å²) in [6.07, 6.45) is 1.59. The maximum atomic E-state index is 10.7. The molecular weight excluding hydrogens is 260 g/mol. The van der Waals surface area contributed by atoms with Crippen molar-refractivity contribution in [3.05, 3.63) is 52.2 Å². The van der Waals surface area contributed by atoms with Gasteiger partial charge in [-0.3, -0.25) is 10.1 Å². The first kappa shape index (κ1) is 13.7. The molecule has 0 radical (unpaired) electrons. The lowest BCUT2D eigenvalue weighted by atomic mass is 10.2. The van der Waals surface area contributed by atoms with Crippen molar-refractivity contribution in [3.8, 4) is 5.88 Å². The third-order valence-electron chi connectivity index (χ3n) is 2.49. The maximum Gasteiger partial charge on any atom is 0.269 e. The zero-order chi connectivity index (χ0) is 14.4. The number of benzene rings is 1. The Morgan fingerprint density at radius 2 is 2.25 bits per heavy atom. The first-order valence-corrected chi connectivity index (χ1v) is 6.12. The highest BCUT2D eigenvalue weighted by molar-refractivity contribution is 5.36. The van der Waals surface area contributed by atoms with Crippen molar-refractivity contribution in [2.75, 3.05) is 11.9 Å². The average Bonchev–Trinajstić information content (AvgIpc) is 2.46. The second-order valence-corrected chi connectivity index (χ2v) is 3.93. The molecule has 7 heteroatoms. The van der Waals surface area contributed by atoms with E-state index in [1.165, 1.54) is 12.1 Å². The van der Waals surface area contributed by atoms with Crippen molar-refractivity contribution in [2.45, 2.75) is 13.5 Å². The molecule has 0 amide bonds. The number of nitrogens with one attached hydrogen (secondary N) is 1. The summed E-state index contributed by atoms with van der Waals surface area (Å²) >= 11 is 0. The van der Waals surface area contributed by atoms with Crippen LogP contribution in [0.25, 0.3) is 0 Å². The molecular formula is C13H14N4O3. The number of hydrogen-bond acceptors (Lipinski definition) is 6. The molecule has 1 heterocycles. The number of nitro groups is 1. The molecule has 0 unspecified atom stereocenters. The number of hydrogen-bond donors (Lipinski definition) is 1. The quantitative estimate of drug-likeness (QED) is 0.642. The predicted molar refractivity (Wildman–Crippen MR) is 73.6 cm³/mol. The second-order valence-electron chi connectivity index (χ2n) is 3.93. The van der Waals surface area contributed by atoms with Gasteiger partial charge in [0.2, 0.25) is 11.8 Å². The normalized spacial score (nSPS) is 10.1. The van der Waals surface area contributed by atoms with Gasteiger partial charge >= 0.3 is 0 Å². The van der Waals surface area contributed by atoms with Crippen molar-refractivity contribution in [2.24, 2.45) is 0 Å². The largest absolute Gasteiger partial charge is 0.478 e. The van der Waals surface area contributed by atoms with E-state index < -0.39 is 4.92 Å². The molecule has 104 valence electrons. The summed E-state index contributed by atoms with van der Waals surface area (Å²) in [7, 11) is 0. The summed E-state index contributed by atoms with van der Waals surface area (Å²) in [5.41, 5.74) is 0.845. The van der Waals surface area contributed by atoms with Gasteiger partial charge in [0.1, 0.15) is 0 Å². The monoisotopic (exact) mass is 274 g/mol. The Hall–Kier alpha value is -2.70. The van der Waals surface area contributed by atoms with Crippen molar-refractivity contribution in [3.63, 3.8) is 0 Å². The lowest BCUT2D eigenvalue weighted by Gasteiger charge is -2.06. The number of anilines is 1. The van der Waals surface area contributed by atoms with Crippen LogP contribution in [0.5, 0.6) is 5.88 Å². The zero-order valence-corrected chi connectivity index (χ0v) is 10.9. The molecule has 0 saturated carbocycles. The molecule has 0 atom stereocenters. The standard InChI is InChI=1S/C13H14N4O3/c1-2-20-12-6-7-14-13(16-12)15-9-10-4-3-5-11(8-10)17(18)19/h3-8H,2,9H2,1H3,(H,14,15,16). The summed E-state index contributed by atoms with van der Waals surface area (Å²) in [4.78, 5) is 18.5. The summed E-state index contributed by atoms with van der Waals surface area (Å²) < 4.78 is 5.27. The van der Waals surface area contributed by atoms with Gasteiger partial charge in [-0.05, 0) is 12.5 Å². The predicted octanol–water partition coefficient (Wildman–Crippen LogP) is 2.40. The highest BCUT2D eigenvalue weighted by atomic mass is 16.6. The van der Waals surface area contributed by atoms with Crippen LogP contribution in [-0.2, 0) is 6.54 Å². The second kappa shape index (κ2) is 6.46. The van der Waals surface area contributed by atoms with Gasteiger partial charge in [-0.25, -0.2) is 4.98 Å². The molecule has 7 nitrogen and oxygen atoms in total. The van der Waals surface area contributed by atoms with E-state index in [2.05, 4.69) is 15.3 Å². The van der Waals surface area contributed by atoms with E-state index in [-0.39, 0.29) is 5.69 Å². The molecule has 0 saturated heterocycles. The summed E-state index contributed by atoms with van der Waals surface area (Å²) in [6.45, 7) is 2.80. The van der Waals surface area contributed by atoms with Gasteiger partial charge in [-0.1, -0.05) is 12.1 Å². The highest BCUT2D eigenvalue weighted by Crippen LogP contribution is 2.14. The molecule has 1 aromatic carbocycles. The Labute approximate surface area is 115 Å². The SMILES string of the molecule is CCOc1ccnc(NCc2cccc([N+](=O)[O-])c2)n1. The van der Waals surface area contributed by atoms with Crippen LogP contribution in [0.15, 0.2) is 36.5 Å². The van der Waals surface area contributed by atoms with Gasteiger partial charge in [-0.2, -0.15) is 4.98 Å². The fourth-order valence-electron chi connectivity index (χ4n) is 1.62. The minimum absolute atomic E-state index is 0.0632. The van der Waals surface area contributed by atoms with Crippen molar-refractivity contribution in [1.29, 1.82) is 0 Å². The summed E-state index contributed by atoms with van der Waals surface area (Å²) in [6, 6.07) is 8.08. The van der Waals surface area contributed by atoms with Crippen LogP contribution in [0.3, 0.4) is 0 Å². The minimum Gasteiger partial charge on any atom is -0.478 e. The fraction of sp³-hybridized carbons (Fsp3) is 0.231. The van der Waals surface area contributed by atoms with Crippen LogP contribution in [0.2, 0.25) is 0 Å². The number of nitrogens with zero attached hydrogens (tertiary/aromatic N) is 3. The van der Waals surface area contributed by atoms with Gasteiger partial charge < -0.3 is 10.1 Å². The molecule has 20 heavy (non-hydrogen) atoms. The van der Waals surface area contributed by atoms with E-state index in [0.717, 1.165) is 5.56 Å². The highest BCUT2D eigenvalue weighted by Gasteiger charge is 2.06. The number of rotatable bonds is 6. The Bertz CT molecular complexity index is 604. The molecule has 0 bridgehead atoms. The first-order chi connectivity index (χ1) is 9.69. The summed E-state index contributed by atoms with van der Waals surface area (Å²) in [5, 5.41) is 13.7. The van der Waals surface area contributed by atoms with Gasteiger partial charge in [0.15, 0.2) is 0 Å². The van der Waals surface area contributed by atoms with Crippen LogP contribution >= 0.6 is 0 Å². The lowest BCUT2D eigenvalue weighted by molar-refractivity contribution is -0.384. The third kappa shape index (κ3) is 3.64. The molecule has 2 rings (SSSR count). The van der Waals surface area contributed by atoms with E-state index in [4.69, 9.17) is 4.74 Å². The average molecular weight is 274 g/mol. The zero-order valence-electron chi connectivity index (χ0n) is 10.9. The Balaban J connectivity index is 2.03. The Kier molecular flexibility index (Phi) is 4.43. The molecule has 2 aromatic rings. The van der Waals surface area contributed by atoms with Crippen molar-refractivity contribution in [1.82, 2.24) is 9.97 Å². The number of ether oxygens (including phenoxy) is 1. The van der Waals surface area contributed by atoms with E-state index in [9.17, 15) is 10.1 Å². The van der Waals surface area contributed by atoms with Crippen LogP contribution in [-0.4, -0.2) is 21.5 Å². The van der Waals surface area contributed by atoms with E-state index in [1.54, 1.807) is 24.4 Å². The van der Waals surface area contributed by atoms with Crippen LogP contribution in [0.4, 0.5) is 11.6 Å². The van der Waals surface area contributed by atoms with Gasteiger partial charge in [-0.15, -0.1) is 0 Å².